The second kappa shape index (κ2) is 10.8. The number of fused-ring (bicyclic) bond motifs is 2. The van der Waals surface area contributed by atoms with Gasteiger partial charge >= 0.3 is 6.18 Å². The molecule has 45 heavy (non-hydrogen) atoms. The Morgan fingerprint density at radius 2 is 1.93 bits per heavy atom. The van der Waals surface area contributed by atoms with Crippen molar-refractivity contribution in [3.63, 3.8) is 0 Å². The Morgan fingerprint density at radius 1 is 1.18 bits per heavy atom. The number of anilines is 1. The number of sulfone groups is 1. The van der Waals surface area contributed by atoms with Crippen molar-refractivity contribution < 1.29 is 21.6 Å². The Kier molecular flexibility index (Phi) is 7.40. The van der Waals surface area contributed by atoms with Gasteiger partial charge in [0.05, 0.1) is 49.3 Å². The number of hydrogen-bond acceptors (Lipinski definition) is 9. The molecule has 1 saturated carbocycles. The van der Waals surface area contributed by atoms with Crippen molar-refractivity contribution in [2.75, 3.05) is 18.1 Å². The van der Waals surface area contributed by atoms with Crippen LogP contribution in [0.3, 0.4) is 0 Å². The van der Waals surface area contributed by atoms with Gasteiger partial charge in [0.25, 0.3) is 0 Å². The molecule has 1 aliphatic carbocycles. The third-order valence-corrected chi connectivity index (χ3v) is 10.1. The molecule has 0 amide bonds. The highest BCUT2D eigenvalue weighted by Gasteiger charge is 2.66. The maximum atomic E-state index is 14.0. The van der Waals surface area contributed by atoms with Crippen LogP contribution in [-0.2, 0) is 21.8 Å². The number of thiazole rings is 1. The SMILES string of the molecule is CC(C)(C)CNc1c(C#N)cnc2c(S(C)(=O)=O)cc(C[C@H](c3cn(C4(C(F)(F)F)CC4)nn3)c3cccc4ncsc34)cc12. The summed E-state index contributed by atoms with van der Waals surface area (Å²) in [6, 6.07) is 11.1. The lowest BCUT2D eigenvalue weighted by Crippen LogP contribution is -2.35. The average Bonchev–Trinajstić information content (AvgIpc) is 3.40. The summed E-state index contributed by atoms with van der Waals surface area (Å²) in [6.45, 7) is 6.60. The fourth-order valence-electron chi connectivity index (χ4n) is 5.56. The van der Waals surface area contributed by atoms with Crippen molar-refractivity contribution in [2.45, 2.75) is 62.6 Å². The van der Waals surface area contributed by atoms with E-state index < -0.39 is 27.5 Å². The monoisotopic (exact) mass is 653 g/mol. The van der Waals surface area contributed by atoms with Gasteiger partial charge in [-0.2, -0.15) is 18.4 Å². The molecule has 1 aliphatic rings. The van der Waals surface area contributed by atoms with E-state index in [-0.39, 0.29) is 40.7 Å². The first-order valence-electron chi connectivity index (χ1n) is 14.2. The second-order valence-corrected chi connectivity index (χ2v) is 15.6. The molecule has 3 heterocycles. The van der Waals surface area contributed by atoms with Crippen LogP contribution in [0.25, 0.3) is 21.1 Å². The largest absolute Gasteiger partial charge is 0.413 e. The number of rotatable bonds is 8. The van der Waals surface area contributed by atoms with E-state index in [0.29, 0.717) is 28.9 Å². The lowest BCUT2D eigenvalue weighted by Gasteiger charge is -2.22. The predicted molar refractivity (Wildman–Crippen MR) is 166 cm³/mol. The van der Waals surface area contributed by atoms with Crippen molar-refractivity contribution >= 4 is 48.0 Å². The third kappa shape index (κ3) is 5.75. The molecule has 1 fully saturated rings. The number of alkyl halides is 3. The van der Waals surface area contributed by atoms with Gasteiger partial charge in [-0.3, -0.25) is 4.98 Å². The summed E-state index contributed by atoms with van der Waals surface area (Å²) in [7, 11) is -3.78. The number of nitriles is 1. The van der Waals surface area contributed by atoms with E-state index in [2.05, 4.69) is 31.7 Å². The van der Waals surface area contributed by atoms with Crippen LogP contribution in [0.5, 0.6) is 0 Å². The summed E-state index contributed by atoms with van der Waals surface area (Å²) in [5.41, 5.74) is 2.86. The maximum absolute atomic E-state index is 14.0. The molecule has 0 unspecified atom stereocenters. The van der Waals surface area contributed by atoms with E-state index in [1.807, 2.05) is 39.0 Å². The minimum absolute atomic E-state index is 0.00861. The molecule has 14 heteroatoms. The highest BCUT2D eigenvalue weighted by molar-refractivity contribution is 7.91. The zero-order chi connectivity index (χ0) is 32.4. The summed E-state index contributed by atoms with van der Waals surface area (Å²) >= 11 is 1.40. The third-order valence-electron chi connectivity index (χ3n) is 8.07. The van der Waals surface area contributed by atoms with Crippen LogP contribution in [0.1, 0.15) is 61.9 Å². The molecule has 5 aromatic rings. The Balaban J connectivity index is 1.54. The van der Waals surface area contributed by atoms with Crippen LogP contribution in [0.4, 0.5) is 18.9 Å². The van der Waals surface area contributed by atoms with Crippen molar-refractivity contribution in [1.29, 1.82) is 5.26 Å². The highest BCUT2D eigenvalue weighted by Crippen LogP contribution is 2.55. The molecule has 0 aliphatic heterocycles. The quantitative estimate of drug-likeness (QED) is 0.199. The van der Waals surface area contributed by atoms with Crippen LogP contribution < -0.4 is 5.32 Å². The van der Waals surface area contributed by atoms with Crippen molar-refractivity contribution in [1.82, 2.24) is 25.0 Å². The van der Waals surface area contributed by atoms with Gasteiger partial charge in [0.15, 0.2) is 15.4 Å². The van der Waals surface area contributed by atoms with Gasteiger partial charge in [0, 0.05) is 30.3 Å². The van der Waals surface area contributed by atoms with Gasteiger partial charge in [-0.25, -0.2) is 18.1 Å². The lowest BCUT2D eigenvalue weighted by atomic mass is 9.88. The van der Waals surface area contributed by atoms with E-state index in [1.54, 1.807) is 17.6 Å². The van der Waals surface area contributed by atoms with Gasteiger partial charge in [-0.1, -0.05) is 38.1 Å². The molecule has 9 nitrogen and oxygen atoms in total. The van der Waals surface area contributed by atoms with Crippen LogP contribution >= 0.6 is 11.3 Å². The van der Waals surface area contributed by atoms with Crippen LogP contribution in [0.2, 0.25) is 0 Å². The summed E-state index contributed by atoms with van der Waals surface area (Å²) in [6.07, 6.45) is -0.624. The summed E-state index contributed by atoms with van der Waals surface area (Å²) in [4.78, 5) is 8.77. The van der Waals surface area contributed by atoms with Gasteiger partial charge < -0.3 is 5.32 Å². The van der Waals surface area contributed by atoms with Crippen LogP contribution in [0, 0.1) is 16.7 Å². The fourth-order valence-corrected chi connectivity index (χ4v) is 7.29. The molecule has 0 bridgehead atoms. The highest BCUT2D eigenvalue weighted by atomic mass is 32.2. The second-order valence-electron chi connectivity index (χ2n) is 12.8. The number of hydrogen-bond donors (Lipinski definition) is 1. The first kappa shape index (κ1) is 30.9. The minimum atomic E-state index is -4.48. The molecule has 6 rings (SSSR count). The number of halogens is 3. The average molecular weight is 654 g/mol. The normalized spacial score (nSPS) is 15.7. The van der Waals surface area contributed by atoms with Crippen molar-refractivity contribution in [3.8, 4) is 6.07 Å². The van der Waals surface area contributed by atoms with Gasteiger partial charge in [0.2, 0.25) is 0 Å². The predicted octanol–water partition coefficient (Wildman–Crippen LogP) is 6.60. The van der Waals surface area contributed by atoms with E-state index in [4.69, 9.17) is 0 Å². The minimum Gasteiger partial charge on any atom is -0.383 e. The topological polar surface area (TPSA) is 126 Å². The van der Waals surface area contributed by atoms with Crippen LogP contribution in [-0.4, -0.2) is 52.4 Å². The fraction of sp³-hybridized carbons (Fsp3) is 0.387. The Morgan fingerprint density at radius 3 is 2.58 bits per heavy atom. The molecule has 0 spiro atoms. The molecule has 1 atom stereocenters. The Bertz CT molecular complexity index is 2090. The smallest absolute Gasteiger partial charge is 0.383 e. The standard InChI is InChI=1S/C31H30F3N7O2S2/c1-29(2,3)16-37-26-19(13-35)14-36-27-22(26)11-18(12-25(27)45(4,42)43)10-21(20-6-5-7-23-28(20)44-17-38-23)24-15-41(40-39-24)30(8-9-30)31(32,33)34/h5-7,11-12,14-15,17,21H,8-10,16H2,1-4H3,(H,36,37)/t21-/m0/s1. The number of nitrogens with zero attached hydrogens (tertiary/aromatic N) is 6. The number of aromatic nitrogens is 5. The van der Waals surface area contributed by atoms with Crippen molar-refractivity contribution in [2.24, 2.45) is 5.41 Å². The molecule has 2 aromatic carbocycles. The molecule has 1 N–H and O–H groups in total. The first-order chi connectivity index (χ1) is 21.1. The van der Waals surface area contributed by atoms with Crippen LogP contribution in [0.15, 0.2) is 53.1 Å². The molecule has 0 radical (unpaired) electrons. The van der Waals surface area contributed by atoms with Crippen molar-refractivity contribution in [3.05, 3.63) is 70.6 Å². The van der Waals surface area contributed by atoms with Gasteiger partial charge in [0.1, 0.15) is 6.07 Å². The van der Waals surface area contributed by atoms with Gasteiger partial charge in [-0.15, -0.1) is 16.4 Å². The van der Waals surface area contributed by atoms with E-state index >= 15 is 0 Å². The Labute approximate surface area is 262 Å². The number of nitrogens with one attached hydrogen (secondary N) is 1. The molecule has 3 aromatic heterocycles. The zero-order valence-corrected chi connectivity index (χ0v) is 26.6. The molecular formula is C31H30F3N7O2S2. The summed E-state index contributed by atoms with van der Waals surface area (Å²) in [5, 5.41) is 21.9. The summed E-state index contributed by atoms with van der Waals surface area (Å²) in [5.74, 6) is -0.588. The first-order valence-corrected chi connectivity index (χ1v) is 17.0. The molecule has 0 saturated heterocycles. The summed E-state index contributed by atoms with van der Waals surface area (Å²) < 4.78 is 69.9. The number of benzene rings is 2. The molecule has 234 valence electrons. The van der Waals surface area contributed by atoms with E-state index in [1.165, 1.54) is 23.7 Å². The van der Waals surface area contributed by atoms with Gasteiger partial charge in [-0.05, 0) is 54.0 Å². The number of pyridine rings is 1. The Hall–Kier alpha value is -4.09. The van der Waals surface area contributed by atoms with E-state index in [9.17, 15) is 26.9 Å². The molecular weight excluding hydrogens is 624 g/mol. The lowest BCUT2D eigenvalue weighted by molar-refractivity contribution is -0.182. The van der Waals surface area contributed by atoms with E-state index in [0.717, 1.165) is 26.7 Å². The zero-order valence-electron chi connectivity index (χ0n) is 25.0. The maximum Gasteiger partial charge on any atom is 0.413 e.